The van der Waals surface area contributed by atoms with Gasteiger partial charge < -0.3 is 8.98 Å². The van der Waals surface area contributed by atoms with Crippen LogP contribution in [-0.2, 0) is 0 Å². The molecule has 0 saturated carbocycles. The van der Waals surface area contributed by atoms with Crippen molar-refractivity contribution in [3.8, 4) is 51.0 Å². The number of benzene rings is 11. The maximum Gasteiger partial charge on any atom is 0.170 e. The van der Waals surface area contributed by atoms with E-state index in [0.717, 1.165) is 93.4 Å². The molecule has 0 amide bonds. The Balaban J connectivity index is 1.13. The molecule has 5 nitrogen and oxygen atoms in total. The van der Waals surface area contributed by atoms with Crippen LogP contribution in [0.1, 0.15) is 0 Å². The van der Waals surface area contributed by atoms with Crippen LogP contribution >= 0.6 is 0 Å². The molecule has 66 heavy (non-hydrogen) atoms. The second-order valence-electron chi connectivity index (χ2n) is 17.1. The molecule has 0 spiro atoms. The van der Waals surface area contributed by atoms with Gasteiger partial charge in [-0.3, -0.25) is 0 Å². The first-order valence-corrected chi connectivity index (χ1v) is 22.3. The largest absolute Gasteiger partial charge is 0.455 e. The predicted molar refractivity (Wildman–Crippen MR) is 273 cm³/mol. The molecular weight excluding hydrogens is 805 g/mol. The van der Waals surface area contributed by atoms with E-state index in [4.69, 9.17) is 19.4 Å². The Morgan fingerprint density at radius 3 is 1.67 bits per heavy atom. The molecule has 306 valence electrons. The van der Waals surface area contributed by atoms with E-state index in [1.165, 1.54) is 26.9 Å². The highest BCUT2D eigenvalue weighted by Gasteiger charge is 2.26. The SMILES string of the molecule is c1ccc(-c2cccc(-c3nc(-c4ccc5ccccc5c4)nc(-c4c(-n5c6cc7ccccc7cc6c6c7ccccc7ccc65)ccc5c4oc4c6ccccc6ccc54)n3)c2)cc1. The number of hydrogen-bond donors (Lipinski definition) is 0. The van der Waals surface area contributed by atoms with Crippen LogP contribution in [-0.4, -0.2) is 19.5 Å². The van der Waals surface area contributed by atoms with Gasteiger partial charge in [0.2, 0.25) is 0 Å². The Morgan fingerprint density at radius 2 is 0.864 bits per heavy atom. The van der Waals surface area contributed by atoms with Gasteiger partial charge in [0.05, 0.1) is 22.3 Å². The molecule has 0 aliphatic rings. The minimum absolute atomic E-state index is 0.522. The standard InChI is InChI=1S/C61H36N4O/c1-2-13-37(14-3-1)42-21-12-22-45(33-42)59-62-60(46-26-25-38-15-4-5-18-41(38)34-46)64-61(63-59)56-53(32-30-50-49-29-27-40-17-9-11-24-48(40)57(49)66-58(50)56)65-52-31-28-39-16-8-10-23-47(39)55(52)51-35-43-19-6-7-20-44(43)36-54(51)65/h1-36H. The van der Waals surface area contributed by atoms with Crippen LogP contribution in [0.5, 0.6) is 0 Å². The van der Waals surface area contributed by atoms with E-state index in [1.807, 2.05) is 6.07 Å². The number of nitrogens with zero attached hydrogens (tertiary/aromatic N) is 4. The van der Waals surface area contributed by atoms with E-state index in [1.54, 1.807) is 0 Å². The highest BCUT2D eigenvalue weighted by molar-refractivity contribution is 6.24. The summed E-state index contributed by atoms with van der Waals surface area (Å²) in [6.07, 6.45) is 0. The van der Waals surface area contributed by atoms with Gasteiger partial charge in [0.15, 0.2) is 17.5 Å². The summed E-state index contributed by atoms with van der Waals surface area (Å²) in [4.78, 5) is 16.3. The number of aromatic nitrogens is 4. The zero-order valence-electron chi connectivity index (χ0n) is 35.5. The van der Waals surface area contributed by atoms with Gasteiger partial charge in [0, 0.05) is 38.1 Å². The second kappa shape index (κ2) is 14.3. The maximum absolute atomic E-state index is 7.27. The van der Waals surface area contributed by atoms with Crippen LogP contribution in [0.3, 0.4) is 0 Å². The fourth-order valence-corrected chi connectivity index (χ4v) is 10.2. The van der Waals surface area contributed by atoms with Crippen molar-refractivity contribution in [1.82, 2.24) is 19.5 Å². The van der Waals surface area contributed by atoms with Crippen molar-refractivity contribution in [3.63, 3.8) is 0 Å². The molecule has 11 aromatic carbocycles. The first-order valence-electron chi connectivity index (χ1n) is 22.3. The highest BCUT2D eigenvalue weighted by atomic mass is 16.3. The van der Waals surface area contributed by atoms with E-state index in [9.17, 15) is 0 Å². The molecule has 3 heterocycles. The van der Waals surface area contributed by atoms with E-state index in [0.29, 0.717) is 17.5 Å². The maximum atomic E-state index is 7.27. The average Bonchev–Trinajstić information content (AvgIpc) is 3.93. The summed E-state index contributed by atoms with van der Waals surface area (Å²) in [5, 5.41) is 13.6. The Bertz CT molecular complexity index is 4300. The molecule has 3 aromatic heterocycles. The van der Waals surface area contributed by atoms with Gasteiger partial charge in [0.1, 0.15) is 11.2 Å². The lowest BCUT2D eigenvalue weighted by Crippen LogP contribution is -2.04. The monoisotopic (exact) mass is 840 g/mol. The zero-order chi connectivity index (χ0) is 43.3. The number of rotatable bonds is 5. The van der Waals surface area contributed by atoms with Gasteiger partial charge in [-0.2, -0.15) is 0 Å². The quantitative estimate of drug-likeness (QED) is 0.173. The lowest BCUT2D eigenvalue weighted by molar-refractivity contribution is 0.673. The van der Waals surface area contributed by atoms with E-state index in [-0.39, 0.29) is 0 Å². The van der Waals surface area contributed by atoms with Crippen LogP contribution in [0, 0.1) is 0 Å². The number of hydrogen-bond acceptors (Lipinski definition) is 4. The summed E-state index contributed by atoms with van der Waals surface area (Å²) in [6.45, 7) is 0. The summed E-state index contributed by atoms with van der Waals surface area (Å²) in [7, 11) is 0. The Labute approximate surface area is 378 Å². The van der Waals surface area contributed by atoms with Gasteiger partial charge in [-0.15, -0.1) is 0 Å². The smallest absolute Gasteiger partial charge is 0.170 e. The molecule has 0 aliphatic heterocycles. The van der Waals surface area contributed by atoms with E-state index >= 15 is 0 Å². The molecule has 5 heteroatoms. The van der Waals surface area contributed by atoms with Crippen molar-refractivity contribution in [1.29, 1.82) is 0 Å². The van der Waals surface area contributed by atoms with Gasteiger partial charge in [0.25, 0.3) is 0 Å². The molecule has 0 aliphatic carbocycles. The molecular formula is C61H36N4O. The molecule has 0 unspecified atom stereocenters. The normalized spacial score (nSPS) is 11.9. The summed E-state index contributed by atoms with van der Waals surface area (Å²) in [5.41, 5.74) is 9.42. The lowest BCUT2D eigenvalue weighted by Gasteiger charge is -2.16. The molecule has 0 radical (unpaired) electrons. The Kier molecular flexibility index (Phi) is 7.91. The third kappa shape index (κ3) is 5.63. The molecule has 0 atom stereocenters. The molecule has 14 aromatic rings. The van der Waals surface area contributed by atoms with Crippen LogP contribution in [0.2, 0.25) is 0 Å². The van der Waals surface area contributed by atoms with Crippen LogP contribution in [0.4, 0.5) is 0 Å². The number of furan rings is 1. The summed E-state index contributed by atoms with van der Waals surface area (Å²) < 4.78 is 9.67. The third-order valence-corrected chi connectivity index (χ3v) is 13.4. The third-order valence-electron chi connectivity index (χ3n) is 13.4. The summed E-state index contributed by atoms with van der Waals surface area (Å²) in [6, 6.07) is 77.5. The first-order chi connectivity index (χ1) is 32.7. The topological polar surface area (TPSA) is 56.7 Å². The van der Waals surface area contributed by atoms with Crippen molar-refractivity contribution >= 4 is 86.8 Å². The van der Waals surface area contributed by atoms with Crippen molar-refractivity contribution in [2.24, 2.45) is 0 Å². The van der Waals surface area contributed by atoms with Gasteiger partial charge in [-0.05, 0) is 97.4 Å². The summed E-state index contributed by atoms with van der Waals surface area (Å²) in [5.74, 6) is 1.67. The fraction of sp³-hybridized carbons (Fsp3) is 0. The molecule has 0 fully saturated rings. The summed E-state index contributed by atoms with van der Waals surface area (Å²) >= 11 is 0. The molecule has 14 rings (SSSR count). The zero-order valence-corrected chi connectivity index (χ0v) is 35.5. The van der Waals surface area contributed by atoms with E-state index < -0.39 is 0 Å². The van der Waals surface area contributed by atoms with Gasteiger partial charge in [-0.25, -0.2) is 15.0 Å². The minimum atomic E-state index is 0.522. The minimum Gasteiger partial charge on any atom is -0.455 e. The number of fused-ring (bicyclic) bond motifs is 12. The molecule has 0 saturated heterocycles. The van der Waals surface area contributed by atoms with E-state index in [2.05, 4.69) is 217 Å². The van der Waals surface area contributed by atoms with Crippen molar-refractivity contribution in [2.75, 3.05) is 0 Å². The van der Waals surface area contributed by atoms with Gasteiger partial charge in [-0.1, -0.05) is 170 Å². The van der Waals surface area contributed by atoms with Crippen molar-refractivity contribution in [3.05, 3.63) is 218 Å². The van der Waals surface area contributed by atoms with Crippen molar-refractivity contribution < 1.29 is 4.42 Å². The second-order valence-corrected chi connectivity index (χ2v) is 17.1. The predicted octanol–water partition coefficient (Wildman–Crippen LogP) is 16.1. The fourth-order valence-electron chi connectivity index (χ4n) is 10.2. The lowest BCUT2D eigenvalue weighted by atomic mass is 10.0. The first kappa shape index (κ1) is 36.5. The molecule has 0 N–H and O–H groups in total. The van der Waals surface area contributed by atoms with Crippen LogP contribution in [0.15, 0.2) is 223 Å². The van der Waals surface area contributed by atoms with Crippen LogP contribution < -0.4 is 0 Å². The average molecular weight is 841 g/mol. The van der Waals surface area contributed by atoms with Crippen molar-refractivity contribution in [2.45, 2.75) is 0 Å². The Hall–Kier alpha value is -8.93. The van der Waals surface area contributed by atoms with Gasteiger partial charge >= 0.3 is 0 Å². The molecule has 0 bridgehead atoms. The Morgan fingerprint density at radius 1 is 0.303 bits per heavy atom. The van der Waals surface area contributed by atoms with Crippen LogP contribution in [0.25, 0.3) is 138 Å². The highest BCUT2D eigenvalue weighted by Crippen LogP contribution is 2.45.